The molecule has 0 bridgehead atoms. The van der Waals surface area contributed by atoms with Gasteiger partial charge in [-0.1, -0.05) is 13.8 Å². The maximum Gasteiger partial charge on any atom is 0.126 e. The topological polar surface area (TPSA) is 26.0 Å². The Bertz CT molecular complexity index is 325. The third kappa shape index (κ3) is 3.27. The first-order chi connectivity index (χ1) is 6.81. The van der Waals surface area contributed by atoms with E-state index < -0.39 is 17.2 Å². The molecular weight excluding hydrogens is 196 g/mol. The average molecular weight is 213 g/mol. The number of nitrogens with two attached hydrogens (primary N) is 1. The van der Waals surface area contributed by atoms with Gasteiger partial charge in [0.1, 0.15) is 11.6 Å². The molecule has 2 N–H and O–H groups in total. The first kappa shape index (κ1) is 12.1. The summed E-state index contributed by atoms with van der Waals surface area (Å²) in [4.78, 5) is 0. The Kier molecular flexibility index (Phi) is 3.45. The van der Waals surface area contributed by atoms with Crippen molar-refractivity contribution < 1.29 is 8.78 Å². The van der Waals surface area contributed by atoms with Crippen LogP contribution in [0.25, 0.3) is 0 Å². The summed E-state index contributed by atoms with van der Waals surface area (Å²) in [6.07, 6.45) is 0.472. The molecule has 0 spiro atoms. The maximum absolute atomic E-state index is 12.9. The van der Waals surface area contributed by atoms with Crippen molar-refractivity contribution in [2.45, 2.75) is 32.7 Å². The lowest BCUT2D eigenvalue weighted by Gasteiger charge is -2.29. The van der Waals surface area contributed by atoms with Crippen LogP contribution in [0.3, 0.4) is 0 Å². The summed E-state index contributed by atoms with van der Waals surface area (Å²) in [5.74, 6) is -0.849. The zero-order valence-corrected chi connectivity index (χ0v) is 9.35. The van der Waals surface area contributed by atoms with Crippen molar-refractivity contribution in [3.05, 3.63) is 35.4 Å². The molecule has 15 heavy (non-hydrogen) atoms. The molecule has 0 heterocycles. The molecule has 0 amide bonds. The van der Waals surface area contributed by atoms with Gasteiger partial charge >= 0.3 is 0 Å². The lowest BCUT2D eigenvalue weighted by molar-refractivity contribution is 0.337. The van der Waals surface area contributed by atoms with E-state index in [4.69, 9.17) is 5.73 Å². The Morgan fingerprint density at radius 1 is 1.20 bits per heavy atom. The van der Waals surface area contributed by atoms with E-state index in [0.717, 1.165) is 6.07 Å². The molecule has 1 nitrogen and oxygen atoms in total. The van der Waals surface area contributed by atoms with E-state index in [1.54, 1.807) is 0 Å². The number of halogens is 2. The second-order valence-electron chi connectivity index (χ2n) is 4.61. The SMILES string of the molecule is CC(C)C(C)(N)Cc1cc(F)cc(F)c1. The largest absolute Gasteiger partial charge is 0.325 e. The summed E-state index contributed by atoms with van der Waals surface area (Å²) in [7, 11) is 0. The van der Waals surface area contributed by atoms with Crippen molar-refractivity contribution in [2.75, 3.05) is 0 Å². The second kappa shape index (κ2) is 4.27. The number of hydrogen-bond donors (Lipinski definition) is 1. The minimum Gasteiger partial charge on any atom is -0.325 e. The Morgan fingerprint density at radius 3 is 2.07 bits per heavy atom. The number of hydrogen-bond acceptors (Lipinski definition) is 1. The average Bonchev–Trinajstić information content (AvgIpc) is 1.99. The van der Waals surface area contributed by atoms with Gasteiger partial charge in [0.15, 0.2) is 0 Å². The predicted molar refractivity (Wildman–Crippen MR) is 57.5 cm³/mol. The molecule has 0 aliphatic heterocycles. The van der Waals surface area contributed by atoms with E-state index in [1.807, 2.05) is 20.8 Å². The van der Waals surface area contributed by atoms with Crippen LogP contribution < -0.4 is 5.73 Å². The maximum atomic E-state index is 12.9. The van der Waals surface area contributed by atoms with Crippen LogP contribution in [0.2, 0.25) is 0 Å². The van der Waals surface area contributed by atoms with Gasteiger partial charge in [0, 0.05) is 11.6 Å². The Labute approximate surface area is 89.3 Å². The summed E-state index contributed by atoms with van der Waals surface area (Å²) in [6, 6.07) is 3.53. The van der Waals surface area contributed by atoms with Crippen LogP contribution in [0, 0.1) is 17.6 Å². The quantitative estimate of drug-likeness (QED) is 0.820. The van der Waals surface area contributed by atoms with Crippen molar-refractivity contribution in [3.8, 4) is 0 Å². The zero-order valence-electron chi connectivity index (χ0n) is 9.35. The summed E-state index contributed by atoms with van der Waals surface area (Å²) >= 11 is 0. The van der Waals surface area contributed by atoms with Gasteiger partial charge in [0.25, 0.3) is 0 Å². The highest BCUT2D eigenvalue weighted by atomic mass is 19.1. The molecule has 1 aromatic carbocycles. The highest BCUT2D eigenvalue weighted by Crippen LogP contribution is 2.20. The molecule has 84 valence electrons. The van der Waals surface area contributed by atoms with Gasteiger partial charge < -0.3 is 5.73 Å². The van der Waals surface area contributed by atoms with Crippen LogP contribution in [0.4, 0.5) is 8.78 Å². The molecule has 1 atom stereocenters. The van der Waals surface area contributed by atoms with Crippen LogP contribution in [-0.2, 0) is 6.42 Å². The summed E-state index contributed by atoms with van der Waals surface area (Å²) in [6.45, 7) is 5.88. The van der Waals surface area contributed by atoms with E-state index in [9.17, 15) is 8.78 Å². The first-order valence-corrected chi connectivity index (χ1v) is 5.05. The Balaban J connectivity index is 2.89. The highest BCUT2D eigenvalue weighted by molar-refractivity contribution is 5.20. The van der Waals surface area contributed by atoms with Gasteiger partial charge in [-0.3, -0.25) is 0 Å². The van der Waals surface area contributed by atoms with Crippen LogP contribution in [0.15, 0.2) is 18.2 Å². The molecule has 0 saturated carbocycles. The first-order valence-electron chi connectivity index (χ1n) is 5.05. The van der Waals surface area contributed by atoms with Crippen LogP contribution in [-0.4, -0.2) is 5.54 Å². The van der Waals surface area contributed by atoms with Gasteiger partial charge in [-0.05, 0) is 37.0 Å². The minimum atomic E-state index is -0.551. The van der Waals surface area contributed by atoms with Crippen molar-refractivity contribution >= 4 is 0 Å². The molecule has 3 heteroatoms. The summed E-state index contributed by atoms with van der Waals surface area (Å²) in [5, 5.41) is 0. The molecule has 0 saturated heterocycles. The lowest BCUT2D eigenvalue weighted by atomic mass is 9.84. The van der Waals surface area contributed by atoms with Gasteiger partial charge in [-0.15, -0.1) is 0 Å². The number of rotatable bonds is 3. The lowest BCUT2D eigenvalue weighted by Crippen LogP contribution is -2.43. The van der Waals surface area contributed by atoms with E-state index in [2.05, 4.69) is 0 Å². The summed E-state index contributed by atoms with van der Waals surface area (Å²) in [5.41, 5.74) is 6.21. The Hall–Kier alpha value is -0.960. The third-order valence-electron chi connectivity index (χ3n) is 2.83. The van der Waals surface area contributed by atoms with Gasteiger partial charge in [-0.2, -0.15) is 0 Å². The second-order valence-corrected chi connectivity index (χ2v) is 4.61. The molecule has 0 fully saturated rings. The molecule has 0 aromatic heterocycles. The van der Waals surface area contributed by atoms with Gasteiger partial charge in [-0.25, -0.2) is 8.78 Å². The fourth-order valence-electron chi connectivity index (χ4n) is 1.36. The molecular formula is C12H17F2N. The van der Waals surface area contributed by atoms with Gasteiger partial charge in [0.05, 0.1) is 0 Å². The highest BCUT2D eigenvalue weighted by Gasteiger charge is 2.23. The molecule has 0 aliphatic rings. The van der Waals surface area contributed by atoms with Crippen LogP contribution in [0.1, 0.15) is 26.3 Å². The smallest absolute Gasteiger partial charge is 0.126 e. The van der Waals surface area contributed by atoms with Crippen LogP contribution >= 0.6 is 0 Å². The molecule has 0 radical (unpaired) electrons. The molecule has 0 aliphatic carbocycles. The fraction of sp³-hybridized carbons (Fsp3) is 0.500. The predicted octanol–water partition coefficient (Wildman–Crippen LogP) is 2.88. The molecule has 1 rings (SSSR count). The van der Waals surface area contributed by atoms with Crippen LogP contribution in [0.5, 0.6) is 0 Å². The van der Waals surface area contributed by atoms with Crippen molar-refractivity contribution in [1.82, 2.24) is 0 Å². The van der Waals surface area contributed by atoms with E-state index >= 15 is 0 Å². The number of benzene rings is 1. The third-order valence-corrected chi connectivity index (χ3v) is 2.83. The zero-order chi connectivity index (χ0) is 11.6. The molecule has 1 aromatic rings. The normalized spacial score (nSPS) is 15.4. The fourth-order valence-corrected chi connectivity index (χ4v) is 1.36. The Morgan fingerprint density at radius 2 is 1.67 bits per heavy atom. The molecule has 1 unspecified atom stereocenters. The van der Waals surface area contributed by atoms with Crippen molar-refractivity contribution in [2.24, 2.45) is 11.7 Å². The van der Waals surface area contributed by atoms with E-state index in [-0.39, 0.29) is 5.92 Å². The summed E-state index contributed by atoms with van der Waals surface area (Å²) < 4.78 is 25.8. The standard InChI is InChI=1S/C12H17F2N/c1-8(2)12(3,15)7-9-4-10(13)6-11(14)5-9/h4-6,8H,7,15H2,1-3H3. The van der Waals surface area contributed by atoms with E-state index in [1.165, 1.54) is 12.1 Å². The van der Waals surface area contributed by atoms with Gasteiger partial charge in [0.2, 0.25) is 0 Å². The monoisotopic (exact) mass is 213 g/mol. The van der Waals surface area contributed by atoms with Crippen molar-refractivity contribution in [3.63, 3.8) is 0 Å². The van der Waals surface area contributed by atoms with Crippen molar-refractivity contribution in [1.29, 1.82) is 0 Å². The van der Waals surface area contributed by atoms with E-state index in [0.29, 0.717) is 12.0 Å². The minimum absolute atomic E-state index is 0.254.